The second-order valence-corrected chi connectivity index (χ2v) is 8.79. The molecule has 2 N–H and O–H groups in total. The van der Waals surface area contributed by atoms with Gasteiger partial charge < -0.3 is 15.0 Å². The molecular weight excluding hydrogens is 424 g/mol. The lowest BCUT2D eigenvalue weighted by molar-refractivity contribution is -0.139. The van der Waals surface area contributed by atoms with Crippen LogP contribution in [0.5, 0.6) is 0 Å². The molecule has 0 spiro atoms. The molecule has 0 aliphatic heterocycles. The summed E-state index contributed by atoms with van der Waals surface area (Å²) in [7, 11) is 0. The summed E-state index contributed by atoms with van der Waals surface area (Å²) in [5, 5.41) is 13.0. The van der Waals surface area contributed by atoms with Gasteiger partial charge in [-0.15, -0.1) is 0 Å². The predicted octanol–water partition coefficient (Wildman–Crippen LogP) is 5.72. The number of anilines is 1. The van der Waals surface area contributed by atoms with Crippen molar-refractivity contribution in [3.63, 3.8) is 0 Å². The molecule has 34 heavy (non-hydrogen) atoms. The van der Waals surface area contributed by atoms with Crippen molar-refractivity contribution in [3.8, 4) is 0 Å². The molecule has 0 saturated heterocycles. The summed E-state index contributed by atoms with van der Waals surface area (Å²) < 4.78 is 2.22. The SMILES string of the molecule is CCc1nc2c(C)cc(C)nc2n1Cc1ccc(NCCCC(C(=O)O)c2ccccc2)cc1. The Morgan fingerprint density at radius 2 is 1.79 bits per heavy atom. The number of nitrogens with one attached hydrogen (secondary N) is 1. The van der Waals surface area contributed by atoms with Crippen molar-refractivity contribution in [2.75, 3.05) is 11.9 Å². The largest absolute Gasteiger partial charge is 0.481 e. The number of carboxylic acids is 1. The molecule has 1 unspecified atom stereocenters. The van der Waals surface area contributed by atoms with Gasteiger partial charge >= 0.3 is 5.97 Å². The third-order valence-electron chi connectivity index (χ3n) is 6.21. The number of fused-ring (bicyclic) bond motifs is 1. The van der Waals surface area contributed by atoms with E-state index in [0.717, 1.165) is 65.4 Å². The molecule has 0 radical (unpaired) electrons. The topological polar surface area (TPSA) is 80.0 Å². The van der Waals surface area contributed by atoms with Crippen molar-refractivity contribution in [2.45, 2.75) is 52.5 Å². The second kappa shape index (κ2) is 10.5. The number of imidazole rings is 1. The number of aromatic nitrogens is 3. The number of carboxylic acid groups (broad SMARTS) is 1. The molecule has 0 fully saturated rings. The Kier molecular flexibility index (Phi) is 7.26. The van der Waals surface area contributed by atoms with E-state index in [2.05, 4.69) is 54.1 Å². The number of rotatable bonds is 10. The van der Waals surface area contributed by atoms with Crippen LogP contribution in [0.15, 0.2) is 60.7 Å². The van der Waals surface area contributed by atoms with Crippen LogP contribution in [-0.2, 0) is 17.8 Å². The molecule has 6 nitrogen and oxygen atoms in total. The Morgan fingerprint density at radius 1 is 1.06 bits per heavy atom. The van der Waals surface area contributed by atoms with Crippen LogP contribution in [-0.4, -0.2) is 32.2 Å². The van der Waals surface area contributed by atoms with E-state index >= 15 is 0 Å². The number of aryl methyl sites for hydroxylation is 3. The van der Waals surface area contributed by atoms with Gasteiger partial charge in [0.1, 0.15) is 11.3 Å². The number of nitrogens with zero attached hydrogens (tertiary/aromatic N) is 3. The monoisotopic (exact) mass is 456 g/mol. The van der Waals surface area contributed by atoms with E-state index in [1.807, 2.05) is 37.3 Å². The van der Waals surface area contributed by atoms with Gasteiger partial charge in [0.05, 0.1) is 12.5 Å². The van der Waals surface area contributed by atoms with Gasteiger partial charge in [0.2, 0.25) is 0 Å². The zero-order valence-corrected chi connectivity index (χ0v) is 20.1. The Hall–Kier alpha value is -3.67. The highest BCUT2D eigenvalue weighted by Crippen LogP contribution is 2.23. The lowest BCUT2D eigenvalue weighted by Crippen LogP contribution is -2.13. The summed E-state index contributed by atoms with van der Waals surface area (Å²) in [5.74, 6) is -0.192. The van der Waals surface area contributed by atoms with Crippen molar-refractivity contribution in [1.29, 1.82) is 0 Å². The zero-order valence-electron chi connectivity index (χ0n) is 20.1. The minimum Gasteiger partial charge on any atom is -0.481 e. The van der Waals surface area contributed by atoms with Crippen molar-refractivity contribution in [1.82, 2.24) is 14.5 Å². The van der Waals surface area contributed by atoms with Crippen LogP contribution >= 0.6 is 0 Å². The number of aliphatic carboxylic acids is 1. The van der Waals surface area contributed by atoms with E-state index in [-0.39, 0.29) is 0 Å². The molecular formula is C28H32N4O2. The molecule has 2 aromatic carbocycles. The zero-order chi connectivity index (χ0) is 24.1. The minimum atomic E-state index is -0.770. The molecule has 0 amide bonds. The van der Waals surface area contributed by atoms with Crippen molar-refractivity contribution in [3.05, 3.63) is 88.9 Å². The molecule has 0 aliphatic rings. The molecule has 0 saturated carbocycles. The molecule has 4 rings (SSSR count). The van der Waals surface area contributed by atoms with Crippen molar-refractivity contribution < 1.29 is 9.90 Å². The van der Waals surface area contributed by atoms with E-state index in [0.29, 0.717) is 6.42 Å². The second-order valence-electron chi connectivity index (χ2n) is 8.79. The van der Waals surface area contributed by atoms with Crippen LogP contribution < -0.4 is 5.32 Å². The predicted molar refractivity (Wildman–Crippen MR) is 136 cm³/mol. The fourth-order valence-electron chi connectivity index (χ4n) is 4.45. The summed E-state index contributed by atoms with van der Waals surface area (Å²) in [6.07, 6.45) is 2.23. The van der Waals surface area contributed by atoms with Gasteiger partial charge in [0, 0.05) is 24.3 Å². The molecule has 0 bridgehead atoms. The van der Waals surface area contributed by atoms with Gasteiger partial charge in [-0.25, -0.2) is 9.97 Å². The van der Waals surface area contributed by atoms with Crippen molar-refractivity contribution in [2.24, 2.45) is 0 Å². The van der Waals surface area contributed by atoms with Crippen LogP contribution in [0.2, 0.25) is 0 Å². The fourth-order valence-corrected chi connectivity index (χ4v) is 4.45. The van der Waals surface area contributed by atoms with E-state index < -0.39 is 11.9 Å². The first kappa shape index (κ1) is 23.5. The quantitative estimate of drug-likeness (QED) is 0.298. The molecule has 2 aromatic heterocycles. The summed E-state index contributed by atoms with van der Waals surface area (Å²) in [5.41, 5.74) is 7.18. The number of hydrogen-bond acceptors (Lipinski definition) is 4. The van der Waals surface area contributed by atoms with Crippen LogP contribution in [0.25, 0.3) is 11.2 Å². The molecule has 0 aliphatic carbocycles. The Balaban J connectivity index is 1.37. The average molecular weight is 457 g/mol. The number of carbonyl (C=O) groups is 1. The Labute approximate surface area is 200 Å². The highest BCUT2D eigenvalue weighted by Gasteiger charge is 2.19. The van der Waals surface area contributed by atoms with Crippen LogP contribution in [0, 0.1) is 13.8 Å². The third kappa shape index (κ3) is 5.28. The van der Waals surface area contributed by atoms with Gasteiger partial charge in [-0.05, 0) is 61.6 Å². The van der Waals surface area contributed by atoms with E-state index in [1.165, 1.54) is 5.56 Å². The van der Waals surface area contributed by atoms with Crippen LogP contribution in [0.4, 0.5) is 5.69 Å². The first-order valence-electron chi connectivity index (χ1n) is 11.9. The summed E-state index contributed by atoms with van der Waals surface area (Å²) in [6, 6.07) is 19.9. The highest BCUT2D eigenvalue weighted by molar-refractivity contribution is 5.76. The molecule has 6 heteroatoms. The van der Waals surface area contributed by atoms with Gasteiger partial charge in [-0.3, -0.25) is 4.79 Å². The van der Waals surface area contributed by atoms with Crippen molar-refractivity contribution >= 4 is 22.8 Å². The maximum atomic E-state index is 11.7. The highest BCUT2D eigenvalue weighted by atomic mass is 16.4. The molecule has 2 heterocycles. The van der Waals surface area contributed by atoms with Gasteiger partial charge in [0.15, 0.2) is 5.65 Å². The summed E-state index contributed by atoms with van der Waals surface area (Å²) in [6.45, 7) is 7.69. The minimum absolute atomic E-state index is 0.468. The lowest BCUT2D eigenvalue weighted by atomic mass is 9.94. The average Bonchev–Trinajstić information content (AvgIpc) is 3.18. The Bertz CT molecular complexity index is 1260. The maximum absolute atomic E-state index is 11.7. The van der Waals surface area contributed by atoms with Gasteiger partial charge in [0.25, 0.3) is 0 Å². The first-order chi connectivity index (χ1) is 16.5. The van der Waals surface area contributed by atoms with Gasteiger partial charge in [-0.1, -0.05) is 49.4 Å². The summed E-state index contributed by atoms with van der Waals surface area (Å²) >= 11 is 0. The third-order valence-corrected chi connectivity index (χ3v) is 6.21. The lowest BCUT2D eigenvalue weighted by Gasteiger charge is -2.14. The molecule has 1 atom stereocenters. The summed E-state index contributed by atoms with van der Waals surface area (Å²) in [4.78, 5) is 21.3. The number of hydrogen-bond donors (Lipinski definition) is 2. The van der Waals surface area contributed by atoms with E-state index in [9.17, 15) is 9.90 Å². The number of benzene rings is 2. The maximum Gasteiger partial charge on any atom is 0.310 e. The first-order valence-corrected chi connectivity index (χ1v) is 11.9. The molecule has 176 valence electrons. The van der Waals surface area contributed by atoms with Crippen LogP contribution in [0.3, 0.4) is 0 Å². The molecule has 4 aromatic rings. The number of pyridine rings is 1. The van der Waals surface area contributed by atoms with E-state index in [1.54, 1.807) is 0 Å². The normalized spacial score (nSPS) is 12.1. The Morgan fingerprint density at radius 3 is 2.47 bits per heavy atom. The van der Waals surface area contributed by atoms with Gasteiger partial charge in [-0.2, -0.15) is 0 Å². The smallest absolute Gasteiger partial charge is 0.310 e. The van der Waals surface area contributed by atoms with Crippen LogP contribution in [0.1, 0.15) is 53.9 Å². The van der Waals surface area contributed by atoms with E-state index in [4.69, 9.17) is 9.97 Å². The fraction of sp³-hybridized carbons (Fsp3) is 0.321. The standard InChI is InChI=1S/C28H32N4O2/c1-4-25-31-26-19(2)17-20(3)30-27(26)32(25)18-21-12-14-23(15-13-21)29-16-8-11-24(28(33)34)22-9-6-5-7-10-22/h5-7,9-10,12-15,17,24,29H,4,8,11,16,18H2,1-3H3,(H,33,34).